The van der Waals surface area contributed by atoms with Crippen LogP contribution in [0.4, 0.5) is 4.39 Å². The van der Waals surface area contributed by atoms with Crippen molar-refractivity contribution < 1.29 is 9.13 Å². The molecule has 0 aliphatic heterocycles. The molecule has 3 aliphatic carbocycles. The molecular weight excluding hydrogens is 253 g/mol. The third-order valence-corrected chi connectivity index (χ3v) is 6.04. The molecule has 3 aliphatic rings. The van der Waals surface area contributed by atoms with Gasteiger partial charge >= 0.3 is 0 Å². The van der Waals surface area contributed by atoms with Gasteiger partial charge in [-0.3, -0.25) is 0 Å². The number of halogens is 1. The van der Waals surface area contributed by atoms with Crippen LogP contribution in [0.2, 0.25) is 0 Å². The van der Waals surface area contributed by atoms with Gasteiger partial charge in [0.1, 0.15) is 0 Å². The summed E-state index contributed by atoms with van der Waals surface area (Å²) in [5, 5.41) is 3.37. The van der Waals surface area contributed by atoms with Gasteiger partial charge in [-0.2, -0.15) is 0 Å². The molecule has 1 aromatic rings. The number of methoxy groups -OCH3 is 1. The average Bonchev–Trinajstić information content (AvgIpc) is 2.89. The van der Waals surface area contributed by atoms with E-state index in [1.54, 1.807) is 6.07 Å². The summed E-state index contributed by atoms with van der Waals surface area (Å²) in [5.74, 6) is 4.32. The van der Waals surface area contributed by atoms with Gasteiger partial charge in [0.15, 0.2) is 11.6 Å². The maximum absolute atomic E-state index is 14.5. The molecule has 0 aromatic heterocycles. The summed E-state index contributed by atoms with van der Waals surface area (Å²) >= 11 is 0. The monoisotopic (exact) mass is 275 g/mol. The summed E-state index contributed by atoms with van der Waals surface area (Å²) in [6, 6.07) is 5.65. The van der Waals surface area contributed by atoms with Crippen molar-refractivity contribution in [2.45, 2.75) is 25.3 Å². The normalized spacial score (nSPS) is 38.6. The second-order valence-electron chi connectivity index (χ2n) is 6.70. The van der Waals surface area contributed by atoms with Crippen LogP contribution in [0.15, 0.2) is 18.2 Å². The van der Waals surface area contributed by atoms with Gasteiger partial charge in [0, 0.05) is 11.6 Å². The highest BCUT2D eigenvalue weighted by atomic mass is 19.1. The average molecular weight is 275 g/mol. The lowest BCUT2D eigenvalue weighted by Crippen LogP contribution is -2.23. The highest BCUT2D eigenvalue weighted by Crippen LogP contribution is 2.72. The van der Waals surface area contributed by atoms with Gasteiger partial charge in [-0.25, -0.2) is 4.39 Å². The molecule has 20 heavy (non-hydrogen) atoms. The van der Waals surface area contributed by atoms with E-state index < -0.39 is 0 Å². The number of benzene rings is 1. The van der Waals surface area contributed by atoms with E-state index in [9.17, 15) is 4.39 Å². The lowest BCUT2D eigenvalue weighted by atomic mass is 9.92. The molecule has 0 spiro atoms. The Bertz CT molecular complexity index is 516. The molecule has 0 amide bonds. The number of rotatable bonds is 4. The lowest BCUT2D eigenvalue weighted by molar-refractivity contribution is 0.358. The van der Waals surface area contributed by atoms with Crippen LogP contribution in [0.5, 0.6) is 5.75 Å². The molecule has 3 saturated carbocycles. The first-order valence-corrected chi connectivity index (χ1v) is 7.76. The van der Waals surface area contributed by atoms with E-state index >= 15 is 0 Å². The predicted molar refractivity (Wildman–Crippen MR) is 76.1 cm³/mol. The van der Waals surface area contributed by atoms with Crippen molar-refractivity contribution in [1.82, 2.24) is 5.32 Å². The van der Waals surface area contributed by atoms with E-state index in [1.165, 1.54) is 26.4 Å². The van der Waals surface area contributed by atoms with Gasteiger partial charge in [0.2, 0.25) is 0 Å². The minimum atomic E-state index is -0.188. The van der Waals surface area contributed by atoms with E-state index in [1.807, 2.05) is 19.2 Å². The quantitative estimate of drug-likeness (QED) is 0.909. The molecule has 0 saturated heterocycles. The van der Waals surface area contributed by atoms with Gasteiger partial charge < -0.3 is 10.1 Å². The zero-order valence-electron chi connectivity index (χ0n) is 12.1. The molecule has 2 nitrogen and oxygen atoms in total. The van der Waals surface area contributed by atoms with Crippen LogP contribution >= 0.6 is 0 Å². The van der Waals surface area contributed by atoms with Crippen LogP contribution in [-0.4, -0.2) is 14.2 Å². The van der Waals surface area contributed by atoms with E-state index in [0.29, 0.717) is 11.7 Å². The maximum Gasteiger partial charge on any atom is 0.169 e. The minimum absolute atomic E-state index is 0.142. The molecular formula is C17H22FNO. The third-order valence-electron chi connectivity index (χ3n) is 6.04. The van der Waals surface area contributed by atoms with Gasteiger partial charge in [-0.15, -0.1) is 0 Å². The summed E-state index contributed by atoms with van der Waals surface area (Å²) in [6.07, 6.45) is 4.24. The molecule has 3 heteroatoms. The first-order chi connectivity index (χ1) is 9.76. The van der Waals surface area contributed by atoms with Crippen molar-refractivity contribution in [3.05, 3.63) is 29.6 Å². The fourth-order valence-corrected chi connectivity index (χ4v) is 5.32. The Balaban J connectivity index is 1.64. The Morgan fingerprint density at radius 3 is 2.55 bits per heavy atom. The smallest absolute Gasteiger partial charge is 0.169 e. The van der Waals surface area contributed by atoms with Crippen LogP contribution in [-0.2, 0) is 0 Å². The van der Waals surface area contributed by atoms with Gasteiger partial charge in [-0.1, -0.05) is 12.1 Å². The van der Waals surface area contributed by atoms with Crippen LogP contribution in [0.1, 0.15) is 30.9 Å². The van der Waals surface area contributed by atoms with Crippen LogP contribution in [0.25, 0.3) is 0 Å². The number of fused-ring (bicyclic) bond motifs is 5. The molecule has 0 heterocycles. The first-order valence-electron chi connectivity index (χ1n) is 7.76. The number of ether oxygens (including phenoxy) is 1. The molecule has 5 unspecified atom stereocenters. The van der Waals surface area contributed by atoms with E-state index in [0.717, 1.165) is 29.2 Å². The molecule has 1 aromatic carbocycles. The molecule has 3 fully saturated rings. The highest BCUT2D eigenvalue weighted by molar-refractivity contribution is 5.35. The second-order valence-corrected chi connectivity index (χ2v) is 6.70. The Morgan fingerprint density at radius 1 is 1.25 bits per heavy atom. The Hall–Kier alpha value is -1.09. The topological polar surface area (TPSA) is 21.3 Å². The van der Waals surface area contributed by atoms with Gasteiger partial charge in [0.25, 0.3) is 0 Å². The molecule has 1 N–H and O–H groups in total. The highest BCUT2D eigenvalue weighted by Gasteiger charge is 2.66. The Morgan fingerprint density at radius 2 is 1.95 bits per heavy atom. The number of hydrogen-bond acceptors (Lipinski definition) is 2. The van der Waals surface area contributed by atoms with Gasteiger partial charge in [0.05, 0.1) is 7.11 Å². The second kappa shape index (κ2) is 4.45. The third kappa shape index (κ3) is 1.59. The molecule has 2 bridgehead atoms. The first kappa shape index (κ1) is 12.6. The standard InChI is InChI=1S/C17H22FNO/c1-19-17(11-4-3-5-12(20-2)16(11)18)15-13-9-6-7-10(8-9)14(13)15/h3-5,9-10,13-15,17,19H,6-8H2,1-2H3. The van der Waals surface area contributed by atoms with E-state index in [4.69, 9.17) is 4.74 Å². The molecule has 108 valence electrons. The van der Waals surface area contributed by atoms with Gasteiger partial charge in [-0.05, 0) is 62.0 Å². The Labute approximate surface area is 119 Å². The summed E-state index contributed by atoms with van der Waals surface area (Å²) in [6.45, 7) is 0. The van der Waals surface area contributed by atoms with E-state index in [-0.39, 0.29) is 11.9 Å². The lowest BCUT2D eigenvalue weighted by Gasteiger charge is -2.21. The van der Waals surface area contributed by atoms with Crippen molar-refractivity contribution in [1.29, 1.82) is 0 Å². The summed E-state index contributed by atoms with van der Waals surface area (Å²) in [4.78, 5) is 0. The molecule has 5 atom stereocenters. The summed E-state index contributed by atoms with van der Waals surface area (Å²) in [7, 11) is 3.49. The zero-order chi connectivity index (χ0) is 13.9. The SMILES string of the molecule is CNC(c1cccc(OC)c1F)C1C2C3CCC(C3)C21. The Kier molecular flexibility index (Phi) is 2.81. The van der Waals surface area contributed by atoms with Crippen molar-refractivity contribution in [3.8, 4) is 5.75 Å². The van der Waals surface area contributed by atoms with Crippen LogP contribution in [0.3, 0.4) is 0 Å². The summed E-state index contributed by atoms with van der Waals surface area (Å²) in [5.41, 5.74) is 0.783. The fraction of sp³-hybridized carbons (Fsp3) is 0.647. The minimum Gasteiger partial charge on any atom is -0.494 e. The van der Waals surface area contributed by atoms with E-state index in [2.05, 4.69) is 5.32 Å². The predicted octanol–water partition coefficient (Wildman–Crippen LogP) is 3.39. The summed E-state index contributed by atoms with van der Waals surface area (Å²) < 4.78 is 19.6. The molecule has 4 rings (SSSR count). The molecule has 0 radical (unpaired) electrons. The van der Waals surface area contributed by atoms with Crippen molar-refractivity contribution in [3.63, 3.8) is 0 Å². The maximum atomic E-state index is 14.5. The largest absolute Gasteiger partial charge is 0.494 e. The van der Waals surface area contributed by atoms with Crippen molar-refractivity contribution >= 4 is 0 Å². The zero-order valence-corrected chi connectivity index (χ0v) is 12.1. The number of hydrogen-bond donors (Lipinski definition) is 1. The van der Waals surface area contributed by atoms with Crippen LogP contribution < -0.4 is 10.1 Å². The van der Waals surface area contributed by atoms with Crippen molar-refractivity contribution in [2.24, 2.45) is 29.6 Å². The van der Waals surface area contributed by atoms with Crippen LogP contribution in [0, 0.1) is 35.4 Å². The fourth-order valence-electron chi connectivity index (χ4n) is 5.32. The number of nitrogens with one attached hydrogen (secondary N) is 1. The van der Waals surface area contributed by atoms with Crippen molar-refractivity contribution in [2.75, 3.05) is 14.2 Å².